The lowest BCUT2D eigenvalue weighted by Gasteiger charge is -2.25. The van der Waals surface area contributed by atoms with Gasteiger partial charge in [0.25, 0.3) is 0 Å². The summed E-state index contributed by atoms with van der Waals surface area (Å²) >= 11 is 0. The van der Waals surface area contributed by atoms with Crippen molar-refractivity contribution in [1.29, 1.82) is 0 Å². The van der Waals surface area contributed by atoms with Gasteiger partial charge in [0, 0.05) is 25.7 Å². The molecule has 6 aromatic rings. The average Bonchev–Trinajstić information content (AvgIpc) is 3.25. The normalized spacial score (nSPS) is 11.9. The first kappa shape index (κ1) is 41.1. The van der Waals surface area contributed by atoms with Gasteiger partial charge in [0.15, 0.2) is 23.0 Å². The van der Waals surface area contributed by atoms with Crippen LogP contribution in [0.25, 0.3) is 11.1 Å². The van der Waals surface area contributed by atoms with Gasteiger partial charge in [-0.05, 0) is 68.8 Å². The topological polar surface area (TPSA) is 89.5 Å². The van der Waals surface area contributed by atoms with Crippen molar-refractivity contribution in [2.45, 2.75) is 66.0 Å². The van der Waals surface area contributed by atoms with Crippen molar-refractivity contribution in [3.8, 4) is 34.1 Å². The van der Waals surface area contributed by atoms with Crippen LogP contribution in [0.15, 0.2) is 146 Å². The van der Waals surface area contributed by atoms with E-state index >= 15 is 0 Å². The Morgan fingerprint density at radius 3 is 0.931 bits per heavy atom. The summed E-state index contributed by atoms with van der Waals surface area (Å²) in [6.07, 6.45) is 0. The monoisotopic (exact) mass is 778 g/mol. The fourth-order valence-electron chi connectivity index (χ4n) is 6.49. The minimum atomic E-state index is -0.371. The maximum Gasteiger partial charge on any atom is 0.302 e. The highest BCUT2D eigenvalue weighted by Gasteiger charge is 2.25. The Balaban J connectivity index is 1.53. The number of carbonyl (C=O) groups is 2. The van der Waals surface area contributed by atoms with E-state index in [0.717, 1.165) is 44.5 Å². The molecule has 0 aliphatic rings. The zero-order valence-corrected chi connectivity index (χ0v) is 33.5. The zero-order valence-electron chi connectivity index (χ0n) is 33.5. The van der Waals surface area contributed by atoms with Crippen LogP contribution in [0, 0.1) is 0 Å². The number of hydrogen-bond acceptors (Lipinski definition) is 8. The van der Waals surface area contributed by atoms with Crippen molar-refractivity contribution in [1.82, 2.24) is 0 Å². The molecule has 8 heteroatoms. The van der Waals surface area contributed by atoms with Crippen LogP contribution in [0.4, 0.5) is 0 Å². The molecule has 0 aliphatic heterocycles. The Labute approximate surface area is 341 Å². The number of ether oxygens (including phenoxy) is 6. The van der Waals surface area contributed by atoms with Gasteiger partial charge in [-0.3, -0.25) is 9.59 Å². The third-order valence-electron chi connectivity index (χ3n) is 9.61. The standard InChI is InChI=1S/C50H50O8/c1-35(29-53-37(3)51)43-25-47(55-31-39-17-9-5-10-18-39)49(57-33-41-21-13-7-14-22-41)27-45(43)46-28-50(58-34-42-23-15-8-16-24-42)48(56-32-40-19-11-6-12-20-40)26-44(46)36(2)30-54-38(4)52/h5-28,35-36H,29-34H2,1-4H3/t35-,36-/m1/s1. The third-order valence-corrected chi connectivity index (χ3v) is 9.61. The molecular weight excluding hydrogens is 729 g/mol. The summed E-state index contributed by atoms with van der Waals surface area (Å²) in [5.41, 5.74) is 7.37. The van der Waals surface area contributed by atoms with Crippen LogP contribution in [0.1, 0.15) is 72.9 Å². The third kappa shape index (κ3) is 11.7. The largest absolute Gasteiger partial charge is 0.485 e. The van der Waals surface area contributed by atoms with E-state index in [9.17, 15) is 9.59 Å². The first-order valence-electron chi connectivity index (χ1n) is 19.5. The molecule has 0 N–H and O–H groups in total. The van der Waals surface area contributed by atoms with E-state index in [4.69, 9.17) is 28.4 Å². The van der Waals surface area contributed by atoms with Gasteiger partial charge in [0.2, 0.25) is 0 Å². The van der Waals surface area contributed by atoms with Gasteiger partial charge in [0.05, 0.1) is 13.2 Å². The van der Waals surface area contributed by atoms with Crippen molar-refractivity contribution in [2.75, 3.05) is 13.2 Å². The number of esters is 2. The van der Waals surface area contributed by atoms with Gasteiger partial charge in [0.1, 0.15) is 26.4 Å². The van der Waals surface area contributed by atoms with Crippen molar-refractivity contribution in [2.24, 2.45) is 0 Å². The number of rotatable bonds is 19. The summed E-state index contributed by atoms with van der Waals surface area (Å²) < 4.78 is 37.4. The molecule has 0 bridgehead atoms. The Hall–Kier alpha value is -6.54. The fraction of sp³-hybridized carbons (Fsp3) is 0.240. The lowest BCUT2D eigenvalue weighted by molar-refractivity contribution is -0.142. The Morgan fingerprint density at radius 1 is 0.414 bits per heavy atom. The first-order chi connectivity index (χ1) is 28.2. The summed E-state index contributed by atoms with van der Waals surface area (Å²) in [6, 6.07) is 47.8. The fourth-order valence-corrected chi connectivity index (χ4v) is 6.49. The number of carbonyl (C=O) groups excluding carboxylic acids is 2. The molecule has 0 aliphatic carbocycles. The van der Waals surface area contributed by atoms with E-state index in [1.807, 2.05) is 159 Å². The van der Waals surface area contributed by atoms with Crippen LogP contribution >= 0.6 is 0 Å². The second-order valence-electron chi connectivity index (χ2n) is 14.3. The van der Waals surface area contributed by atoms with Crippen molar-refractivity contribution in [3.63, 3.8) is 0 Å². The minimum absolute atomic E-state index is 0.138. The van der Waals surface area contributed by atoms with Crippen molar-refractivity contribution < 1.29 is 38.0 Å². The quantitative estimate of drug-likeness (QED) is 0.0751. The molecule has 0 amide bonds. The summed E-state index contributed by atoms with van der Waals surface area (Å²) in [6.45, 7) is 8.35. The summed E-state index contributed by atoms with van der Waals surface area (Å²) in [7, 11) is 0. The van der Waals surface area contributed by atoms with E-state index in [1.165, 1.54) is 13.8 Å². The number of benzene rings is 6. The highest BCUT2D eigenvalue weighted by Crippen LogP contribution is 2.46. The van der Waals surface area contributed by atoms with E-state index in [0.29, 0.717) is 49.4 Å². The molecular formula is C50H50O8. The first-order valence-corrected chi connectivity index (χ1v) is 19.5. The predicted molar refractivity (Wildman–Crippen MR) is 225 cm³/mol. The van der Waals surface area contributed by atoms with Crippen molar-refractivity contribution >= 4 is 11.9 Å². The summed E-state index contributed by atoms with van der Waals surface area (Å²) in [4.78, 5) is 24.2. The van der Waals surface area contributed by atoms with E-state index in [1.54, 1.807) is 0 Å². The molecule has 298 valence electrons. The number of hydrogen-bond donors (Lipinski definition) is 0. The molecule has 0 spiro atoms. The Kier molecular flexibility index (Phi) is 14.6. The van der Waals surface area contributed by atoms with Crippen LogP contribution in [0.2, 0.25) is 0 Å². The van der Waals surface area contributed by atoms with E-state index < -0.39 is 0 Å². The molecule has 0 heterocycles. The van der Waals surface area contributed by atoms with Gasteiger partial charge >= 0.3 is 11.9 Å². The zero-order chi connectivity index (χ0) is 40.7. The minimum Gasteiger partial charge on any atom is -0.485 e. The van der Waals surface area contributed by atoms with Crippen LogP contribution in [0.5, 0.6) is 23.0 Å². The predicted octanol–water partition coefficient (Wildman–Crippen LogP) is 11.0. The summed E-state index contributed by atoms with van der Waals surface area (Å²) in [5, 5.41) is 0. The van der Waals surface area contributed by atoms with Crippen LogP contribution < -0.4 is 18.9 Å². The van der Waals surface area contributed by atoms with Crippen molar-refractivity contribution in [3.05, 3.63) is 179 Å². The second kappa shape index (κ2) is 20.6. The van der Waals surface area contributed by atoms with Gasteiger partial charge in [-0.2, -0.15) is 0 Å². The molecule has 0 radical (unpaired) electrons. The summed E-state index contributed by atoms with van der Waals surface area (Å²) in [5.74, 6) is 0.895. The van der Waals surface area contributed by atoms with Crippen LogP contribution in [-0.2, 0) is 45.5 Å². The lowest BCUT2D eigenvalue weighted by atomic mass is 9.85. The molecule has 58 heavy (non-hydrogen) atoms. The maximum absolute atomic E-state index is 12.1. The average molecular weight is 779 g/mol. The van der Waals surface area contributed by atoms with Crippen LogP contribution in [-0.4, -0.2) is 25.2 Å². The van der Waals surface area contributed by atoms with Gasteiger partial charge in [-0.15, -0.1) is 0 Å². The molecule has 0 unspecified atom stereocenters. The van der Waals surface area contributed by atoms with Crippen LogP contribution in [0.3, 0.4) is 0 Å². The molecule has 2 atom stereocenters. The van der Waals surface area contributed by atoms with Gasteiger partial charge < -0.3 is 28.4 Å². The van der Waals surface area contributed by atoms with Gasteiger partial charge in [-0.25, -0.2) is 0 Å². The molecule has 0 saturated carbocycles. The highest BCUT2D eigenvalue weighted by molar-refractivity contribution is 5.78. The Bertz CT molecular complexity index is 2060. The van der Waals surface area contributed by atoms with E-state index in [-0.39, 0.29) is 37.0 Å². The molecule has 0 aromatic heterocycles. The maximum atomic E-state index is 12.1. The smallest absolute Gasteiger partial charge is 0.302 e. The Morgan fingerprint density at radius 2 is 0.672 bits per heavy atom. The molecule has 0 fully saturated rings. The van der Waals surface area contributed by atoms with E-state index in [2.05, 4.69) is 0 Å². The molecule has 6 rings (SSSR count). The second-order valence-corrected chi connectivity index (χ2v) is 14.3. The molecule has 6 aromatic carbocycles. The lowest BCUT2D eigenvalue weighted by Crippen LogP contribution is -2.13. The molecule has 0 saturated heterocycles. The molecule has 8 nitrogen and oxygen atoms in total. The van der Waals surface area contributed by atoms with Gasteiger partial charge in [-0.1, -0.05) is 135 Å². The SMILES string of the molecule is CC(=O)OC[C@@H](C)c1cc(OCc2ccccc2)c(OCc2ccccc2)cc1-c1cc(OCc2ccccc2)c(OCc2ccccc2)cc1[C@H](C)COC(C)=O. The highest BCUT2D eigenvalue weighted by atomic mass is 16.5.